The molecule has 1 aliphatic rings. The molecule has 98 valence electrons. The molecular weight excluding hydrogens is 234 g/mol. The number of carboxylic acids is 1. The molecule has 0 aromatic carbocycles. The van der Waals surface area contributed by atoms with E-state index in [1.165, 1.54) is 0 Å². The molecule has 6 heteroatoms. The van der Waals surface area contributed by atoms with Crippen LogP contribution < -0.4 is 5.32 Å². The van der Waals surface area contributed by atoms with E-state index in [0.29, 0.717) is 24.1 Å². The van der Waals surface area contributed by atoms with Gasteiger partial charge in [0.05, 0.1) is 11.3 Å². The number of carbonyl (C=O) groups excluding carboxylic acids is 1. The Balaban J connectivity index is 2.25. The average Bonchev–Trinajstić information content (AvgIpc) is 2.46. The molecule has 1 aliphatic carbocycles. The zero-order valence-corrected chi connectivity index (χ0v) is 10.8. The zero-order chi connectivity index (χ0) is 13.5. The molecule has 1 aromatic heterocycles. The second-order valence-corrected chi connectivity index (χ2v) is 4.86. The summed E-state index contributed by atoms with van der Waals surface area (Å²) in [5, 5.41) is 16.0. The van der Waals surface area contributed by atoms with E-state index in [1.807, 2.05) is 0 Å². The van der Waals surface area contributed by atoms with Crippen LogP contribution in [0.2, 0.25) is 0 Å². The summed E-state index contributed by atoms with van der Waals surface area (Å²) < 4.78 is 1.62. The number of carbonyl (C=O) groups is 2. The number of hydrogen-bond donors (Lipinski definition) is 2. The Bertz CT molecular complexity index is 515. The first-order chi connectivity index (χ1) is 8.37. The molecule has 0 unspecified atom stereocenters. The van der Waals surface area contributed by atoms with Crippen molar-refractivity contribution in [3.05, 3.63) is 17.0 Å². The van der Waals surface area contributed by atoms with Gasteiger partial charge in [0, 0.05) is 12.7 Å². The van der Waals surface area contributed by atoms with Crippen LogP contribution in [0.25, 0.3) is 0 Å². The Morgan fingerprint density at radius 1 is 1.39 bits per heavy atom. The van der Waals surface area contributed by atoms with Crippen LogP contribution in [0.1, 0.15) is 41.0 Å². The Hall–Kier alpha value is -1.85. The van der Waals surface area contributed by atoms with Gasteiger partial charge >= 0.3 is 5.97 Å². The van der Waals surface area contributed by atoms with Crippen LogP contribution in [0.4, 0.5) is 0 Å². The molecule has 1 amide bonds. The van der Waals surface area contributed by atoms with Gasteiger partial charge in [0.2, 0.25) is 0 Å². The summed E-state index contributed by atoms with van der Waals surface area (Å²) in [7, 11) is 1.76. The zero-order valence-electron chi connectivity index (χ0n) is 10.8. The lowest BCUT2D eigenvalue weighted by molar-refractivity contribution is -0.148. The lowest BCUT2D eigenvalue weighted by Gasteiger charge is -2.38. The maximum absolute atomic E-state index is 12.2. The highest BCUT2D eigenvalue weighted by Crippen LogP contribution is 2.32. The second kappa shape index (κ2) is 4.12. The van der Waals surface area contributed by atoms with Crippen molar-refractivity contribution in [3.63, 3.8) is 0 Å². The van der Waals surface area contributed by atoms with Gasteiger partial charge in [-0.15, -0.1) is 0 Å². The lowest BCUT2D eigenvalue weighted by atomic mass is 9.76. The summed E-state index contributed by atoms with van der Waals surface area (Å²) in [4.78, 5) is 23.4. The van der Waals surface area contributed by atoms with Gasteiger partial charge < -0.3 is 10.4 Å². The normalized spacial score (nSPS) is 17.1. The number of aromatic nitrogens is 2. The fourth-order valence-corrected chi connectivity index (χ4v) is 2.30. The summed E-state index contributed by atoms with van der Waals surface area (Å²) in [6, 6.07) is 0. The van der Waals surface area contributed by atoms with E-state index in [9.17, 15) is 14.7 Å². The van der Waals surface area contributed by atoms with Gasteiger partial charge in [-0.05, 0) is 33.1 Å². The van der Waals surface area contributed by atoms with Gasteiger partial charge in [-0.1, -0.05) is 0 Å². The summed E-state index contributed by atoms with van der Waals surface area (Å²) in [6.45, 7) is 3.54. The number of aliphatic carboxylic acids is 1. The Morgan fingerprint density at radius 3 is 2.33 bits per heavy atom. The molecule has 1 aromatic rings. The van der Waals surface area contributed by atoms with Crippen LogP contribution >= 0.6 is 0 Å². The molecule has 0 spiro atoms. The molecule has 2 rings (SSSR count). The van der Waals surface area contributed by atoms with E-state index in [2.05, 4.69) is 10.4 Å². The number of hydrogen-bond acceptors (Lipinski definition) is 3. The van der Waals surface area contributed by atoms with E-state index >= 15 is 0 Å². The summed E-state index contributed by atoms with van der Waals surface area (Å²) in [5.41, 5.74) is 0.758. The minimum atomic E-state index is -1.08. The van der Waals surface area contributed by atoms with Crippen molar-refractivity contribution in [2.75, 3.05) is 0 Å². The van der Waals surface area contributed by atoms with Crippen molar-refractivity contribution in [3.8, 4) is 0 Å². The lowest BCUT2D eigenvalue weighted by Crippen LogP contribution is -2.59. The third kappa shape index (κ3) is 1.77. The van der Waals surface area contributed by atoms with Crippen molar-refractivity contribution in [1.82, 2.24) is 15.1 Å². The van der Waals surface area contributed by atoms with Gasteiger partial charge in [-0.2, -0.15) is 5.10 Å². The van der Waals surface area contributed by atoms with Crippen LogP contribution in [-0.2, 0) is 11.8 Å². The Kier molecular flexibility index (Phi) is 2.88. The molecule has 0 aliphatic heterocycles. The van der Waals surface area contributed by atoms with Crippen LogP contribution in [0.5, 0.6) is 0 Å². The molecule has 1 fully saturated rings. The van der Waals surface area contributed by atoms with E-state index in [-0.39, 0.29) is 5.91 Å². The maximum atomic E-state index is 12.2. The minimum absolute atomic E-state index is 0.347. The third-order valence-electron chi connectivity index (χ3n) is 3.71. The fourth-order valence-electron chi connectivity index (χ4n) is 2.30. The van der Waals surface area contributed by atoms with Crippen LogP contribution in [0.3, 0.4) is 0 Å². The molecule has 1 heterocycles. The van der Waals surface area contributed by atoms with Crippen molar-refractivity contribution in [2.24, 2.45) is 7.05 Å². The minimum Gasteiger partial charge on any atom is -0.480 e. The highest BCUT2D eigenvalue weighted by molar-refractivity contribution is 5.99. The number of nitrogens with zero attached hydrogens (tertiary/aromatic N) is 2. The topological polar surface area (TPSA) is 84.2 Å². The quantitative estimate of drug-likeness (QED) is 0.831. The van der Waals surface area contributed by atoms with Crippen LogP contribution in [-0.4, -0.2) is 32.3 Å². The molecule has 0 radical (unpaired) electrons. The molecule has 1 saturated carbocycles. The van der Waals surface area contributed by atoms with E-state index in [4.69, 9.17) is 0 Å². The van der Waals surface area contributed by atoms with Gasteiger partial charge in [0.25, 0.3) is 5.91 Å². The maximum Gasteiger partial charge on any atom is 0.329 e. The first-order valence-electron chi connectivity index (χ1n) is 5.93. The molecule has 0 bridgehead atoms. The van der Waals surface area contributed by atoms with Gasteiger partial charge in [0.1, 0.15) is 5.54 Å². The SMILES string of the molecule is Cc1nn(C)c(C)c1C(=O)NC1(C(=O)O)CCC1. The van der Waals surface area contributed by atoms with Crippen molar-refractivity contribution < 1.29 is 14.7 Å². The average molecular weight is 251 g/mol. The summed E-state index contributed by atoms with van der Waals surface area (Å²) in [5.74, 6) is -1.30. The smallest absolute Gasteiger partial charge is 0.329 e. The van der Waals surface area contributed by atoms with E-state index in [1.54, 1.807) is 25.6 Å². The first kappa shape index (κ1) is 12.6. The van der Waals surface area contributed by atoms with Crippen molar-refractivity contribution in [2.45, 2.75) is 38.6 Å². The molecule has 2 N–H and O–H groups in total. The van der Waals surface area contributed by atoms with Gasteiger partial charge in [-0.25, -0.2) is 4.79 Å². The highest BCUT2D eigenvalue weighted by atomic mass is 16.4. The summed E-state index contributed by atoms with van der Waals surface area (Å²) >= 11 is 0. The number of carboxylic acid groups (broad SMARTS) is 1. The van der Waals surface area contributed by atoms with Crippen LogP contribution in [0.15, 0.2) is 0 Å². The standard InChI is InChI=1S/C12H17N3O3/c1-7-9(8(2)15(3)14-7)10(16)13-12(11(17)18)5-4-6-12/h4-6H2,1-3H3,(H,13,16)(H,17,18). The molecular formula is C12H17N3O3. The molecule has 0 atom stereocenters. The van der Waals surface area contributed by atoms with E-state index in [0.717, 1.165) is 12.1 Å². The number of aryl methyl sites for hydroxylation is 2. The van der Waals surface area contributed by atoms with Crippen LogP contribution in [0, 0.1) is 13.8 Å². The third-order valence-corrected chi connectivity index (χ3v) is 3.71. The Labute approximate surface area is 105 Å². The molecule has 0 saturated heterocycles. The largest absolute Gasteiger partial charge is 0.480 e. The Morgan fingerprint density at radius 2 is 2.00 bits per heavy atom. The predicted molar refractivity (Wildman–Crippen MR) is 64.4 cm³/mol. The molecule has 18 heavy (non-hydrogen) atoms. The monoisotopic (exact) mass is 251 g/mol. The van der Waals surface area contributed by atoms with Crippen molar-refractivity contribution in [1.29, 1.82) is 0 Å². The van der Waals surface area contributed by atoms with Gasteiger partial charge in [0.15, 0.2) is 0 Å². The first-order valence-corrected chi connectivity index (χ1v) is 5.93. The highest BCUT2D eigenvalue weighted by Gasteiger charge is 2.46. The number of nitrogens with one attached hydrogen (secondary N) is 1. The number of amides is 1. The number of rotatable bonds is 3. The molecule has 6 nitrogen and oxygen atoms in total. The van der Waals surface area contributed by atoms with Gasteiger partial charge in [-0.3, -0.25) is 9.48 Å². The summed E-state index contributed by atoms with van der Waals surface area (Å²) in [6.07, 6.45) is 1.82. The van der Waals surface area contributed by atoms with Crippen molar-refractivity contribution >= 4 is 11.9 Å². The second-order valence-electron chi connectivity index (χ2n) is 4.86. The van der Waals surface area contributed by atoms with E-state index < -0.39 is 11.5 Å². The predicted octanol–water partition coefficient (Wildman–Crippen LogP) is 0.774. The fraction of sp³-hybridized carbons (Fsp3) is 0.583.